The molecule has 0 aromatic heterocycles. The molecule has 0 bridgehead atoms. The fraction of sp³-hybridized carbons (Fsp3) is 1.00. The Balaban J connectivity index is 2.45. The van der Waals surface area contributed by atoms with Crippen molar-refractivity contribution in [3.8, 4) is 0 Å². The molecule has 0 heterocycles. The first-order valence-electron chi connectivity index (χ1n) is 3.61. The van der Waals surface area contributed by atoms with Crippen LogP contribution < -0.4 is 11.1 Å². The van der Waals surface area contributed by atoms with Gasteiger partial charge in [0.15, 0.2) is 0 Å². The Morgan fingerprint density at radius 1 is 1.67 bits per heavy atom. The van der Waals surface area contributed by atoms with E-state index in [1.807, 2.05) is 7.05 Å². The van der Waals surface area contributed by atoms with Gasteiger partial charge in [0.25, 0.3) is 0 Å². The van der Waals surface area contributed by atoms with Gasteiger partial charge in [-0.3, -0.25) is 0 Å². The van der Waals surface area contributed by atoms with E-state index < -0.39 is 0 Å². The normalized spacial score (nSPS) is 43.7. The Morgan fingerprint density at radius 2 is 2.33 bits per heavy atom. The van der Waals surface area contributed by atoms with Gasteiger partial charge in [0.2, 0.25) is 0 Å². The zero-order valence-corrected chi connectivity index (χ0v) is 6.28. The van der Waals surface area contributed by atoms with Crippen molar-refractivity contribution in [2.24, 2.45) is 5.73 Å². The molecule has 2 nitrogen and oxygen atoms in total. The Labute approximate surface area is 56.8 Å². The molecule has 0 radical (unpaired) electrons. The summed E-state index contributed by atoms with van der Waals surface area (Å²) in [5.74, 6) is 0. The largest absolute Gasteiger partial charge is 0.328 e. The van der Waals surface area contributed by atoms with Crippen molar-refractivity contribution in [2.75, 3.05) is 7.05 Å². The molecule has 1 saturated carbocycles. The third kappa shape index (κ3) is 1.43. The number of nitrogens with one attached hydrogen (secondary N) is 1. The van der Waals surface area contributed by atoms with Crippen molar-refractivity contribution in [2.45, 2.75) is 37.8 Å². The van der Waals surface area contributed by atoms with Gasteiger partial charge in [-0.25, -0.2) is 0 Å². The van der Waals surface area contributed by atoms with Crippen LogP contribution >= 0.6 is 0 Å². The average molecular weight is 128 g/mol. The minimum Gasteiger partial charge on any atom is -0.328 e. The van der Waals surface area contributed by atoms with Crippen molar-refractivity contribution in [1.29, 1.82) is 0 Å². The fourth-order valence-corrected chi connectivity index (χ4v) is 1.51. The highest BCUT2D eigenvalue weighted by atomic mass is 14.9. The highest BCUT2D eigenvalue weighted by Crippen LogP contribution is 2.27. The Morgan fingerprint density at radius 3 is 2.56 bits per heavy atom. The number of hydrogen-bond donors (Lipinski definition) is 2. The fourth-order valence-electron chi connectivity index (χ4n) is 1.51. The van der Waals surface area contributed by atoms with E-state index in [2.05, 4.69) is 12.2 Å². The van der Waals surface area contributed by atoms with Crippen molar-refractivity contribution >= 4 is 0 Å². The van der Waals surface area contributed by atoms with Gasteiger partial charge in [-0.15, -0.1) is 0 Å². The summed E-state index contributed by atoms with van der Waals surface area (Å²) >= 11 is 0. The van der Waals surface area contributed by atoms with Crippen LogP contribution in [0.5, 0.6) is 0 Å². The second-order valence-corrected chi connectivity index (χ2v) is 3.31. The van der Waals surface area contributed by atoms with E-state index in [0.29, 0.717) is 11.6 Å². The van der Waals surface area contributed by atoms with E-state index in [4.69, 9.17) is 5.73 Å². The lowest BCUT2D eigenvalue weighted by Gasteiger charge is -2.22. The third-order valence-electron chi connectivity index (χ3n) is 2.38. The van der Waals surface area contributed by atoms with Crippen molar-refractivity contribution in [3.63, 3.8) is 0 Å². The summed E-state index contributed by atoms with van der Waals surface area (Å²) in [6.45, 7) is 2.24. The molecule has 0 aromatic rings. The van der Waals surface area contributed by atoms with Crippen LogP contribution in [0.2, 0.25) is 0 Å². The maximum absolute atomic E-state index is 5.75. The zero-order chi connectivity index (χ0) is 6.91. The Bertz CT molecular complexity index is 103. The first kappa shape index (κ1) is 7.03. The number of nitrogens with two attached hydrogens (primary N) is 1. The van der Waals surface area contributed by atoms with Gasteiger partial charge >= 0.3 is 0 Å². The first-order chi connectivity index (χ1) is 4.16. The van der Waals surface area contributed by atoms with Gasteiger partial charge in [-0.2, -0.15) is 0 Å². The molecule has 0 saturated heterocycles. The molecule has 0 aromatic carbocycles. The summed E-state index contributed by atoms with van der Waals surface area (Å²) in [6, 6.07) is 0.433. The highest BCUT2D eigenvalue weighted by Gasteiger charge is 2.31. The van der Waals surface area contributed by atoms with Gasteiger partial charge in [0.05, 0.1) is 0 Å². The lowest BCUT2D eigenvalue weighted by Crippen LogP contribution is -2.37. The topological polar surface area (TPSA) is 38.0 Å². The maximum atomic E-state index is 5.75. The quantitative estimate of drug-likeness (QED) is 0.539. The molecule has 9 heavy (non-hydrogen) atoms. The van der Waals surface area contributed by atoms with Crippen LogP contribution in [-0.2, 0) is 0 Å². The van der Waals surface area contributed by atoms with Crippen LogP contribution in [0.25, 0.3) is 0 Å². The molecule has 0 spiro atoms. The van der Waals surface area contributed by atoms with E-state index in [1.165, 1.54) is 12.8 Å². The van der Waals surface area contributed by atoms with E-state index in [0.717, 1.165) is 6.42 Å². The van der Waals surface area contributed by atoms with Crippen LogP contribution in [0.3, 0.4) is 0 Å². The summed E-state index contributed by atoms with van der Waals surface area (Å²) in [5.41, 5.74) is 6.08. The maximum Gasteiger partial charge on any atom is 0.0165 e. The lowest BCUT2D eigenvalue weighted by molar-refractivity contribution is 0.392. The van der Waals surface area contributed by atoms with E-state index in [9.17, 15) is 0 Å². The minimum absolute atomic E-state index is 0.333. The van der Waals surface area contributed by atoms with Crippen LogP contribution in [0, 0.1) is 0 Å². The van der Waals surface area contributed by atoms with Crippen LogP contribution in [0.4, 0.5) is 0 Å². The van der Waals surface area contributed by atoms with Gasteiger partial charge in [-0.05, 0) is 33.2 Å². The average Bonchev–Trinajstić information content (AvgIpc) is 2.13. The van der Waals surface area contributed by atoms with Crippen LogP contribution in [0.1, 0.15) is 26.2 Å². The monoisotopic (exact) mass is 128 g/mol. The summed E-state index contributed by atoms with van der Waals surface area (Å²) < 4.78 is 0. The zero-order valence-electron chi connectivity index (χ0n) is 6.28. The molecule has 0 aliphatic heterocycles. The highest BCUT2D eigenvalue weighted by molar-refractivity contribution is 4.93. The smallest absolute Gasteiger partial charge is 0.0165 e. The van der Waals surface area contributed by atoms with Crippen molar-refractivity contribution < 1.29 is 0 Å². The van der Waals surface area contributed by atoms with Crippen molar-refractivity contribution in [3.05, 3.63) is 0 Å². The second-order valence-electron chi connectivity index (χ2n) is 3.31. The number of hydrogen-bond acceptors (Lipinski definition) is 2. The lowest BCUT2D eigenvalue weighted by atomic mass is 10.0. The van der Waals surface area contributed by atoms with E-state index in [-0.39, 0.29) is 0 Å². The molecule has 2 unspecified atom stereocenters. The Kier molecular flexibility index (Phi) is 1.78. The summed E-state index contributed by atoms with van der Waals surface area (Å²) in [6.07, 6.45) is 3.53. The SMILES string of the molecule is CNC1(C)CCC(N)C1. The van der Waals surface area contributed by atoms with E-state index in [1.54, 1.807) is 0 Å². The summed E-state index contributed by atoms with van der Waals surface area (Å²) in [4.78, 5) is 0. The van der Waals surface area contributed by atoms with Crippen molar-refractivity contribution in [1.82, 2.24) is 5.32 Å². The molecule has 2 atom stereocenters. The van der Waals surface area contributed by atoms with Crippen LogP contribution in [-0.4, -0.2) is 18.6 Å². The predicted octanol–water partition coefficient (Wildman–Crippen LogP) is 0.476. The molecular weight excluding hydrogens is 112 g/mol. The van der Waals surface area contributed by atoms with Gasteiger partial charge < -0.3 is 11.1 Å². The predicted molar refractivity (Wildman–Crippen MR) is 39.3 cm³/mol. The number of rotatable bonds is 1. The molecule has 0 amide bonds. The molecule has 54 valence electrons. The molecule has 1 rings (SSSR count). The molecule has 2 heteroatoms. The minimum atomic E-state index is 0.333. The van der Waals surface area contributed by atoms with Crippen LogP contribution in [0.15, 0.2) is 0 Å². The standard InChI is InChI=1S/C7H16N2/c1-7(9-2)4-3-6(8)5-7/h6,9H,3-5,8H2,1-2H3. The molecule has 3 N–H and O–H groups in total. The van der Waals surface area contributed by atoms with E-state index >= 15 is 0 Å². The molecule has 1 fully saturated rings. The molecule has 1 aliphatic rings. The van der Waals surface area contributed by atoms with Gasteiger partial charge in [0.1, 0.15) is 0 Å². The summed E-state index contributed by atoms with van der Waals surface area (Å²) in [5, 5.41) is 3.29. The summed E-state index contributed by atoms with van der Waals surface area (Å²) in [7, 11) is 2.01. The molecular formula is C7H16N2. The third-order valence-corrected chi connectivity index (χ3v) is 2.38. The first-order valence-corrected chi connectivity index (χ1v) is 3.61. The second kappa shape index (κ2) is 2.27. The van der Waals surface area contributed by atoms with Gasteiger partial charge in [-0.1, -0.05) is 0 Å². The Hall–Kier alpha value is -0.0800. The van der Waals surface area contributed by atoms with Gasteiger partial charge in [0, 0.05) is 11.6 Å². The molecule has 1 aliphatic carbocycles.